The van der Waals surface area contributed by atoms with Crippen LogP contribution in [0.2, 0.25) is 0 Å². The fourth-order valence-electron chi connectivity index (χ4n) is 0.284. The topological polar surface area (TPSA) is 29.4 Å². The van der Waals surface area contributed by atoms with E-state index in [4.69, 9.17) is 0 Å². The van der Waals surface area contributed by atoms with Crippen LogP contribution in [-0.2, 0) is 4.79 Å². The van der Waals surface area contributed by atoms with Crippen LogP contribution in [0.25, 0.3) is 0 Å². The fourth-order valence-corrected chi connectivity index (χ4v) is 1.30. The van der Waals surface area contributed by atoms with Gasteiger partial charge in [-0.2, -0.15) is 4.99 Å². The van der Waals surface area contributed by atoms with Crippen LogP contribution < -0.4 is 0 Å². The summed E-state index contributed by atoms with van der Waals surface area (Å²) in [5.74, 6) is 0.456. The van der Waals surface area contributed by atoms with E-state index < -0.39 is 0 Å². The molecule has 0 bridgehead atoms. The molecule has 1 aliphatic heterocycles. The van der Waals surface area contributed by atoms with E-state index in [1.54, 1.807) is 0 Å². The molecule has 0 aromatic carbocycles. The monoisotopic (exact) mass is 179 g/mol. The van der Waals surface area contributed by atoms with Gasteiger partial charge in [0.25, 0.3) is 5.91 Å². The Morgan fingerprint density at radius 1 is 1.86 bits per heavy atom. The van der Waals surface area contributed by atoms with Gasteiger partial charge in [-0.3, -0.25) is 4.79 Å². The standard InChI is InChI=1S/C3H2BrNOS/c4-3-5-2(6)1-7-3/h1H2. The molecule has 1 heterocycles. The molecule has 0 saturated carbocycles. The van der Waals surface area contributed by atoms with E-state index in [-0.39, 0.29) is 5.91 Å². The highest BCUT2D eigenvalue weighted by Gasteiger charge is 2.10. The van der Waals surface area contributed by atoms with Crippen LogP contribution in [0.5, 0.6) is 0 Å². The van der Waals surface area contributed by atoms with Gasteiger partial charge in [0.05, 0.1) is 5.75 Å². The molecule has 7 heavy (non-hydrogen) atoms. The Hall–Kier alpha value is 0.170. The number of hydrogen-bond donors (Lipinski definition) is 0. The van der Waals surface area contributed by atoms with Crippen molar-refractivity contribution in [3.8, 4) is 0 Å². The predicted octanol–water partition coefficient (Wildman–Crippen LogP) is 1.01. The third-order valence-corrected chi connectivity index (χ3v) is 2.11. The predicted molar refractivity (Wildman–Crippen MR) is 33.8 cm³/mol. The molecule has 0 aromatic heterocycles. The zero-order valence-electron chi connectivity index (χ0n) is 3.35. The summed E-state index contributed by atoms with van der Waals surface area (Å²) in [6, 6.07) is 0. The molecule has 1 rings (SSSR count). The van der Waals surface area contributed by atoms with E-state index in [0.717, 1.165) is 0 Å². The van der Waals surface area contributed by atoms with Crippen molar-refractivity contribution in [3.05, 3.63) is 0 Å². The summed E-state index contributed by atoms with van der Waals surface area (Å²) in [6.07, 6.45) is 0. The number of amides is 1. The molecule has 38 valence electrons. The van der Waals surface area contributed by atoms with Crippen molar-refractivity contribution in [1.82, 2.24) is 0 Å². The Labute approximate surface area is 53.5 Å². The number of nitrogens with zero attached hydrogens (tertiary/aromatic N) is 1. The first kappa shape index (κ1) is 5.31. The Morgan fingerprint density at radius 3 is 2.71 bits per heavy atom. The number of hydrogen-bond acceptors (Lipinski definition) is 2. The van der Waals surface area contributed by atoms with Crippen molar-refractivity contribution in [2.45, 2.75) is 0 Å². The molecular weight excluding hydrogens is 178 g/mol. The minimum Gasteiger partial charge on any atom is -0.272 e. The maximum absolute atomic E-state index is 10.2. The maximum atomic E-state index is 10.2. The highest BCUT2D eigenvalue weighted by molar-refractivity contribution is 9.22. The Morgan fingerprint density at radius 2 is 2.57 bits per heavy atom. The van der Waals surface area contributed by atoms with E-state index in [1.165, 1.54) is 11.8 Å². The van der Waals surface area contributed by atoms with Crippen molar-refractivity contribution in [2.75, 3.05) is 5.75 Å². The third kappa shape index (κ3) is 1.28. The summed E-state index contributed by atoms with van der Waals surface area (Å²) in [7, 11) is 0. The molecule has 0 aromatic rings. The first-order chi connectivity index (χ1) is 3.29. The van der Waals surface area contributed by atoms with Gasteiger partial charge in [0.15, 0.2) is 0 Å². The van der Waals surface area contributed by atoms with Gasteiger partial charge in [0, 0.05) is 0 Å². The molecule has 0 N–H and O–H groups in total. The van der Waals surface area contributed by atoms with E-state index in [9.17, 15) is 4.79 Å². The van der Waals surface area contributed by atoms with Gasteiger partial charge in [0.1, 0.15) is 3.95 Å². The van der Waals surface area contributed by atoms with Crippen LogP contribution in [0.3, 0.4) is 0 Å². The number of carbonyl (C=O) groups excluding carboxylic acids is 1. The molecule has 0 saturated heterocycles. The highest BCUT2D eigenvalue weighted by atomic mass is 79.9. The third-order valence-electron chi connectivity index (χ3n) is 0.527. The summed E-state index contributed by atoms with van der Waals surface area (Å²) >= 11 is 4.49. The number of rotatable bonds is 0. The van der Waals surface area contributed by atoms with Crippen molar-refractivity contribution < 1.29 is 4.79 Å². The summed E-state index contributed by atoms with van der Waals surface area (Å²) in [5.41, 5.74) is 0. The van der Waals surface area contributed by atoms with Gasteiger partial charge in [0.2, 0.25) is 0 Å². The summed E-state index contributed by atoms with van der Waals surface area (Å²) < 4.78 is 0.706. The first-order valence-electron chi connectivity index (χ1n) is 1.69. The molecule has 1 amide bonds. The van der Waals surface area contributed by atoms with Gasteiger partial charge in [-0.25, -0.2) is 0 Å². The number of aliphatic imine (C=N–C) groups is 1. The molecule has 0 spiro atoms. The minimum absolute atomic E-state index is 0.0446. The SMILES string of the molecule is O=C1CSC(Br)=N1. The molecule has 0 atom stereocenters. The molecule has 0 radical (unpaired) electrons. The second-order valence-electron chi connectivity index (χ2n) is 1.05. The maximum Gasteiger partial charge on any atom is 0.257 e. The molecule has 4 heteroatoms. The van der Waals surface area contributed by atoms with Crippen molar-refractivity contribution in [3.63, 3.8) is 0 Å². The van der Waals surface area contributed by atoms with Crippen LogP contribution in [0.1, 0.15) is 0 Å². The van der Waals surface area contributed by atoms with E-state index in [0.29, 0.717) is 9.71 Å². The lowest BCUT2D eigenvalue weighted by atomic mass is 10.8. The van der Waals surface area contributed by atoms with Crippen molar-refractivity contribution >= 4 is 37.6 Å². The lowest BCUT2D eigenvalue weighted by molar-refractivity contribution is -0.115. The van der Waals surface area contributed by atoms with E-state index in [2.05, 4.69) is 20.9 Å². The zero-order chi connectivity index (χ0) is 5.28. The largest absolute Gasteiger partial charge is 0.272 e. The van der Waals surface area contributed by atoms with Crippen LogP contribution >= 0.6 is 27.7 Å². The number of halogens is 1. The Kier molecular flexibility index (Phi) is 1.49. The van der Waals surface area contributed by atoms with Crippen LogP contribution in [0, 0.1) is 0 Å². The van der Waals surface area contributed by atoms with E-state index in [1.807, 2.05) is 0 Å². The molecule has 1 aliphatic rings. The lowest BCUT2D eigenvalue weighted by Crippen LogP contribution is -1.86. The average molecular weight is 180 g/mol. The summed E-state index contributed by atoms with van der Waals surface area (Å²) in [6.45, 7) is 0. The molecule has 0 fully saturated rings. The van der Waals surface area contributed by atoms with Gasteiger partial charge >= 0.3 is 0 Å². The molecule has 0 aliphatic carbocycles. The zero-order valence-corrected chi connectivity index (χ0v) is 5.75. The first-order valence-corrected chi connectivity index (χ1v) is 3.47. The van der Waals surface area contributed by atoms with Crippen LogP contribution in [0.4, 0.5) is 0 Å². The minimum atomic E-state index is -0.0446. The smallest absolute Gasteiger partial charge is 0.257 e. The highest BCUT2D eigenvalue weighted by Crippen LogP contribution is 2.16. The lowest BCUT2D eigenvalue weighted by Gasteiger charge is -1.72. The van der Waals surface area contributed by atoms with Crippen molar-refractivity contribution in [2.24, 2.45) is 4.99 Å². The van der Waals surface area contributed by atoms with E-state index >= 15 is 0 Å². The molecule has 2 nitrogen and oxygen atoms in total. The Balaban J connectivity index is 2.67. The quantitative estimate of drug-likeness (QED) is 0.556. The van der Waals surface area contributed by atoms with Crippen molar-refractivity contribution in [1.29, 1.82) is 0 Å². The average Bonchev–Trinajstić information content (AvgIpc) is 1.87. The fraction of sp³-hybridized carbons (Fsp3) is 0.333. The van der Waals surface area contributed by atoms with Gasteiger partial charge in [-0.05, 0) is 15.9 Å². The second kappa shape index (κ2) is 1.96. The second-order valence-corrected chi connectivity index (χ2v) is 3.29. The Bertz CT molecular complexity index is 133. The summed E-state index contributed by atoms with van der Waals surface area (Å²) in [5, 5.41) is 0. The van der Waals surface area contributed by atoms with Gasteiger partial charge in [-0.1, -0.05) is 11.8 Å². The normalized spacial score (nSPS) is 20.1. The van der Waals surface area contributed by atoms with Gasteiger partial charge in [-0.15, -0.1) is 0 Å². The summed E-state index contributed by atoms with van der Waals surface area (Å²) in [4.78, 5) is 13.8. The number of thioether (sulfide) groups is 1. The van der Waals surface area contributed by atoms with Crippen LogP contribution in [-0.4, -0.2) is 15.6 Å². The molecular formula is C3H2BrNOS. The number of carbonyl (C=O) groups is 1. The molecule has 0 unspecified atom stereocenters. The van der Waals surface area contributed by atoms with Gasteiger partial charge < -0.3 is 0 Å². The van der Waals surface area contributed by atoms with Crippen LogP contribution in [0.15, 0.2) is 4.99 Å².